The van der Waals surface area contributed by atoms with E-state index in [4.69, 9.17) is 9.47 Å². The van der Waals surface area contributed by atoms with Crippen LogP contribution in [0.3, 0.4) is 0 Å². The van der Waals surface area contributed by atoms with Crippen molar-refractivity contribution in [2.75, 3.05) is 44.7 Å². The predicted octanol–water partition coefficient (Wildman–Crippen LogP) is 1.77. The number of amides is 5. The van der Waals surface area contributed by atoms with E-state index >= 15 is 0 Å². The van der Waals surface area contributed by atoms with E-state index in [-0.39, 0.29) is 42.9 Å². The monoisotopic (exact) mass is 472 g/mol. The van der Waals surface area contributed by atoms with Gasteiger partial charge >= 0.3 is 6.03 Å². The number of carbonyl (C=O) groups is 4. The van der Waals surface area contributed by atoms with E-state index in [0.717, 1.165) is 38.8 Å². The number of imide groups is 1. The Morgan fingerprint density at radius 2 is 1.56 bits per heavy atom. The summed E-state index contributed by atoms with van der Waals surface area (Å²) in [7, 11) is 1.50. The van der Waals surface area contributed by atoms with Crippen molar-refractivity contribution < 1.29 is 28.7 Å². The average molecular weight is 473 g/mol. The molecule has 34 heavy (non-hydrogen) atoms. The van der Waals surface area contributed by atoms with Crippen molar-refractivity contribution in [3.05, 3.63) is 23.8 Å². The van der Waals surface area contributed by atoms with Gasteiger partial charge in [-0.1, -0.05) is 0 Å². The number of rotatable bonds is 5. The Bertz CT molecular complexity index is 951. The van der Waals surface area contributed by atoms with E-state index < -0.39 is 6.03 Å². The Balaban J connectivity index is 1.34. The van der Waals surface area contributed by atoms with Crippen LogP contribution in [0.4, 0.5) is 10.5 Å². The zero-order valence-electron chi connectivity index (χ0n) is 19.7. The number of methoxy groups -OCH3 is 1. The summed E-state index contributed by atoms with van der Waals surface area (Å²) in [6, 6.07) is 4.51. The fraction of sp³-hybridized carbons (Fsp3) is 0.583. The van der Waals surface area contributed by atoms with E-state index in [1.165, 1.54) is 12.0 Å². The topological polar surface area (TPSA) is 108 Å². The van der Waals surface area contributed by atoms with E-state index in [2.05, 4.69) is 5.32 Å². The van der Waals surface area contributed by atoms with Gasteiger partial charge < -0.3 is 19.3 Å². The maximum Gasteiger partial charge on any atom is 0.328 e. The van der Waals surface area contributed by atoms with Gasteiger partial charge in [-0.05, 0) is 43.9 Å². The maximum atomic E-state index is 13.2. The van der Waals surface area contributed by atoms with Crippen molar-refractivity contribution in [2.45, 2.75) is 51.2 Å². The first-order valence-corrected chi connectivity index (χ1v) is 11.9. The minimum atomic E-state index is -0.522. The van der Waals surface area contributed by atoms with Crippen molar-refractivity contribution in [3.8, 4) is 5.75 Å². The minimum Gasteiger partial charge on any atom is -0.495 e. The summed E-state index contributed by atoms with van der Waals surface area (Å²) >= 11 is 0. The molecule has 5 amide bonds. The van der Waals surface area contributed by atoms with Gasteiger partial charge in [0.25, 0.3) is 5.91 Å². The molecule has 0 spiro atoms. The molecule has 0 aliphatic carbocycles. The van der Waals surface area contributed by atoms with Crippen molar-refractivity contribution in [3.63, 3.8) is 0 Å². The summed E-state index contributed by atoms with van der Waals surface area (Å²) < 4.78 is 11.7. The van der Waals surface area contributed by atoms with Crippen molar-refractivity contribution in [1.29, 1.82) is 0 Å². The van der Waals surface area contributed by atoms with Gasteiger partial charge in [0.1, 0.15) is 5.75 Å². The van der Waals surface area contributed by atoms with Crippen LogP contribution in [0.25, 0.3) is 0 Å². The van der Waals surface area contributed by atoms with Crippen LogP contribution in [0.2, 0.25) is 0 Å². The van der Waals surface area contributed by atoms with Crippen LogP contribution in [0.1, 0.15) is 49.4 Å². The van der Waals surface area contributed by atoms with Gasteiger partial charge in [0.15, 0.2) is 0 Å². The third-order valence-electron chi connectivity index (χ3n) is 6.77. The molecule has 0 bridgehead atoms. The number of nitrogens with one attached hydrogen (secondary N) is 1. The summed E-state index contributed by atoms with van der Waals surface area (Å²) in [4.78, 5) is 53.6. The first kappa shape index (κ1) is 24.0. The molecule has 1 N–H and O–H groups in total. The Morgan fingerprint density at radius 1 is 0.941 bits per heavy atom. The summed E-state index contributed by atoms with van der Waals surface area (Å²) in [6.07, 6.45) is 3.69. The SMILES string of the molecule is COc1ccc(C(=O)N2CCC(OC3CCN(C(C)=O)CC3)CC2)cc1N1CCC(=O)NC1=O. The van der Waals surface area contributed by atoms with Gasteiger partial charge in [-0.2, -0.15) is 0 Å². The van der Waals surface area contributed by atoms with Crippen molar-refractivity contribution in [2.24, 2.45) is 0 Å². The largest absolute Gasteiger partial charge is 0.495 e. The number of hydrogen-bond acceptors (Lipinski definition) is 6. The smallest absolute Gasteiger partial charge is 0.328 e. The van der Waals surface area contributed by atoms with E-state index in [1.54, 1.807) is 25.1 Å². The summed E-state index contributed by atoms with van der Waals surface area (Å²) in [5.41, 5.74) is 0.935. The first-order chi connectivity index (χ1) is 16.4. The second kappa shape index (κ2) is 10.4. The maximum absolute atomic E-state index is 13.2. The number of carbonyl (C=O) groups excluding carboxylic acids is 4. The van der Waals surface area contributed by atoms with Gasteiger partial charge in [0, 0.05) is 51.6 Å². The van der Waals surface area contributed by atoms with Gasteiger partial charge in [-0.25, -0.2) is 4.79 Å². The third-order valence-corrected chi connectivity index (χ3v) is 6.77. The van der Waals surface area contributed by atoms with E-state index in [9.17, 15) is 19.2 Å². The summed E-state index contributed by atoms with van der Waals surface area (Å²) in [6.45, 7) is 4.49. The van der Waals surface area contributed by atoms with Crippen LogP contribution in [-0.2, 0) is 14.3 Å². The zero-order chi connectivity index (χ0) is 24.2. The van der Waals surface area contributed by atoms with Crippen molar-refractivity contribution >= 4 is 29.4 Å². The molecule has 4 rings (SSSR count). The molecule has 10 nitrogen and oxygen atoms in total. The second-order valence-electron chi connectivity index (χ2n) is 8.97. The fourth-order valence-electron chi connectivity index (χ4n) is 4.78. The molecule has 1 aromatic rings. The molecule has 0 unspecified atom stereocenters. The normalized spacial score (nSPS) is 20.4. The van der Waals surface area contributed by atoms with Gasteiger partial charge in [0.2, 0.25) is 11.8 Å². The van der Waals surface area contributed by atoms with E-state index in [1.807, 2.05) is 9.80 Å². The Hall–Kier alpha value is -3.14. The highest BCUT2D eigenvalue weighted by Crippen LogP contribution is 2.31. The minimum absolute atomic E-state index is 0.106. The molecule has 0 atom stereocenters. The second-order valence-corrected chi connectivity index (χ2v) is 8.97. The molecule has 1 aromatic carbocycles. The molecule has 3 heterocycles. The molecule has 3 fully saturated rings. The number of likely N-dealkylation sites (tertiary alicyclic amines) is 2. The lowest BCUT2D eigenvalue weighted by atomic mass is 10.0. The van der Waals surface area contributed by atoms with Crippen molar-refractivity contribution in [1.82, 2.24) is 15.1 Å². The van der Waals surface area contributed by atoms with Gasteiger partial charge in [-0.15, -0.1) is 0 Å². The van der Waals surface area contributed by atoms with Crippen LogP contribution >= 0.6 is 0 Å². The lowest BCUT2D eigenvalue weighted by Gasteiger charge is -2.37. The van der Waals surface area contributed by atoms with Crippen LogP contribution in [0.5, 0.6) is 5.75 Å². The molecule has 0 saturated carbocycles. The highest BCUT2D eigenvalue weighted by molar-refractivity contribution is 6.07. The summed E-state index contributed by atoms with van der Waals surface area (Å²) in [5.74, 6) is 0.151. The predicted molar refractivity (Wildman–Crippen MR) is 124 cm³/mol. The molecule has 3 saturated heterocycles. The number of anilines is 1. The van der Waals surface area contributed by atoms with Gasteiger partial charge in [0.05, 0.1) is 25.0 Å². The number of nitrogens with zero attached hydrogens (tertiary/aromatic N) is 3. The van der Waals surface area contributed by atoms with Crippen LogP contribution < -0.4 is 15.0 Å². The third kappa shape index (κ3) is 5.32. The van der Waals surface area contributed by atoms with E-state index in [0.29, 0.717) is 30.1 Å². The number of urea groups is 1. The zero-order valence-corrected chi connectivity index (χ0v) is 19.7. The van der Waals surface area contributed by atoms with Crippen LogP contribution in [0.15, 0.2) is 18.2 Å². The van der Waals surface area contributed by atoms with Gasteiger partial charge in [-0.3, -0.25) is 24.6 Å². The highest BCUT2D eigenvalue weighted by Gasteiger charge is 2.30. The summed E-state index contributed by atoms with van der Waals surface area (Å²) in [5, 5.41) is 2.30. The molecule has 3 aliphatic heterocycles. The average Bonchev–Trinajstić information content (AvgIpc) is 2.84. The quantitative estimate of drug-likeness (QED) is 0.700. The lowest BCUT2D eigenvalue weighted by Crippen LogP contribution is -2.49. The molecule has 0 aromatic heterocycles. The first-order valence-electron chi connectivity index (χ1n) is 11.9. The van der Waals surface area contributed by atoms with Crippen LogP contribution in [-0.4, -0.2) is 85.6 Å². The molecule has 10 heteroatoms. The van der Waals surface area contributed by atoms with Crippen LogP contribution in [0, 0.1) is 0 Å². The molecule has 0 radical (unpaired) electrons. The standard InChI is InChI=1S/C24H32N4O6/c1-16(29)26-10-5-18(6-11-26)34-19-7-12-27(13-8-19)23(31)17-3-4-21(33-2)20(15-17)28-14-9-22(30)25-24(28)32/h3-4,15,18-19H,5-14H2,1-2H3,(H,25,30,32). The molecule has 184 valence electrons. The molecule has 3 aliphatic rings. The number of benzene rings is 1. The molecular formula is C24H32N4O6. The number of hydrogen-bond donors (Lipinski definition) is 1. The Morgan fingerprint density at radius 3 is 2.12 bits per heavy atom. The highest BCUT2D eigenvalue weighted by atomic mass is 16.5. The fourth-order valence-corrected chi connectivity index (χ4v) is 4.78. The number of ether oxygens (including phenoxy) is 2. The Labute approximate surface area is 199 Å². The number of piperidine rings is 2. The molecular weight excluding hydrogens is 440 g/mol. The lowest BCUT2D eigenvalue weighted by molar-refractivity contribution is -0.132. The Kier molecular flexibility index (Phi) is 7.35.